The highest BCUT2D eigenvalue weighted by Crippen LogP contribution is 2.38. The number of carboxylic acid groups (broad SMARTS) is 1. The van der Waals surface area contributed by atoms with Gasteiger partial charge in [-0.05, 0) is 48.9 Å². The molecule has 7 heteroatoms. The first-order valence-electron chi connectivity index (χ1n) is 8.70. The van der Waals surface area contributed by atoms with Crippen LogP contribution in [-0.2, 0) is 4.79 Å². The van der Waals surface area contributed by atoms with Gasteiger partial charge in [0.2, 0.25) is 0 Å². The molecule has 1 aliphatic carbocycles. The second kappa shape index (κ2) is 8.13. The molecule has 1 atom stereocenters. The SMILES string of the molecule is CCC(Oc1c(F)cc(-c2cccc(OCC3CC3)c2)c(Cl)c1F)C(=O)O. The fourth-order valence-corrected chi connectivity index (χ4v) is 2.85. The third-order valence-electron chi connectivity index (χ3n) is 4.35. The van der Waals surface area contributed by atoms with Gasteiger partial charge in [-0.2, -0.15) is 0 Å². The molecule has 3 rings (SSSR count). The topological polar surface area (TPSA) is 55.8 Å². The van der Waals surface area contributed by atoms with E-state index in [-0.39, 0.29) is 17.0 Å². The molecular weight excluding hydrogens is 378 g/mol. The molecule has 0 saturated heterocycles. The minimum Gasteiger partial charge on any atom is -0.493 e. The molecule has 27 heavy (non-hydrogen) atoms. The molecule has 0 heterocycles. The Morgan fingerprint density at radius 1 is 1.33 bits per heavy atom. The summed E-state index contributed by atoms with van der Waals surface area (Å²) in [5.41, 5.74) is 0.627. The van der Waals surface area contributed by atoms with Gasteiger partial charge in [-0.1, -0.05) is 30.7 Å². The lowest BCUT2D eigenvalue weighted by Gasteiger charge is -2.17. The summed E-state index contributed by atoms with van der Waals surface area (Å²) >= 11 is 6.09. The highest BCUT2D eigenvalue weighted by atomic mass is 35.5. The van der Waals surface area contributed by atoms with Gasteiger partial charge in [0.25, 0.3) is 0 Å². The fourth-order valence-electron chi connectivity index (χ4n) is 2.60. The molecule has 0 spiro atoms. The Morgan fingerprint density at radius 2 is 2.07 bits per heavy atom. The van der Waals surface area contributed by atoms with Crippen molar-refractivity contribution in [2.75, 3.05) is 6.61 Å². The molecule has 4 nitrogen and oxygen atoms in total. The molecule has 0 radical (unpaired) electrons. The Balaban J connectivity index is 1.90. The van der Waals surface area contributed by atoms with E-state index in [1.165, 1.54) is 6.92 Å². The van der Waals surface area contributed by atoms with Crippen molar-refractivity contribution in [3.05, 3.63) is 47.0 Å². The van der Waals surface area contributed by atoms with E-state index in [0.29, 0.717) is 23.8 Å². The molecule has 1 aliphatic rings. The highest BCUT2D eigenvalue weighted by Gasteiger charge is 2.25. The standard InChI is InChI=1S/C20H19ClF2O4/c1-2-16(20(24)25)27-19-15(22)9-14(17(21)18(19)23)12-4-3-5-13(8-12)26-10-11-6-7-11/h3-5,8-9,11,16H,2,6-7,10H2,1H3,(H,24,25). The van der Waals surface area contributed by atoms with Crippen LogP contribution in [0.15, 0.2) is 30.3 Å². The quantitative estimate of drug-likeness (QED) is 0.614. The number of carboxylic acids is 1. The molecule has 1 fully saturated rings. The maximum absolute atomic E-state index is 14.6. The van der Waals surface area contributed by atoms with Crippen LogP contribution in [0.2, 0.25) is 5.02 Å². The van der Waals surface area contributed by atoms with Crippen LogP contribution < -0.4 is 9.47 Å². The van der Waals surface area contributed by atoms with Crippen LogP contribution in [0.25, 0.3) is 11.1 Å². The summed E-state index contributed by atoms with van der Waals surface area (Å²) in [4.78, 5) is 11.1. The Hall–Kier alpha value is -2.34. The van der Waals surface area contributed by atoms with Crippen LogP contribution in [0.4, 0.5) is 8.78 Å². The predicted octanol–water partition coefficient (Wildman–Crippen LogP) is 5.32. The van der Waals surface area contributed by atoms with Gasteiger partial charge < -0.3 is 14.6 Å². The number of aliphatic carboxylic acids is 1. The molecule has 1 saturated carbocycles. The van der Waals surface area contributed by atoms with Gasteiger partial charge in [0.05, 0.1) is 11.6 Å². The molecule has 144 valence electrons. The summed E-state index contributed by atoms with van der Waals surface area (Å²) in [6, 6.07) is 7.84. The van der Waals surface area contributed by atoms with Gasteiger partial charge >= 0.3 is 5.97 Å². The molecule has 1 unspecified atom stereocenters. The number of halogens is 3. The van der Waals surface area contributed by atoms with Crippen LogP contribution in [0, 0.1) is 17.6 Å². The second-order valence-corrected chi connectivity index (χ2v) is 6.88. The summed E-state index contributed by atoms with van der Waals surface area (Å²) in [5.74, 6) is -3.08. The fraction of sp³-hybridized carbons (Fsp3) is 0.350. The predicted molar refractivity (Wildman–Crippen MR) is 97.4 cm³/mol. The molecule has 1 N–H and O–H groups in total. The number of ether oxygens (including phenoxy) is 2. The zero-order chi connectivity index (χ0) is 19.6. The molecule has 0 aliphatic heterocycles. The zero-order valence-electron chi connectivity index (χ0n) is 14.7. The summed E-state index contributed by atoms with van der Waals surface area (Å²) in [6.07, 6.45) is 0.986. The molecule has 2 aromatic carbocycles. The van der Waals surface area contributed by atoms with Crippen molar-refractivity contribution in [3.8, 4) is 22.6 Å². The summed E-state index contributed by atoms with van der Waals surface area (Å²) in [7, 11) is 0. The van der Waals surface area contributed by atoms with Gasteiger partial charge in [-0.25, -0.2) is 13.6 Å². The van der Waals surface area contributed by atoms with Crippen molar-refractivity contribution in [2.24, 2.45) is 5.92 Å². The first-order chi connectivity index (χ1) is 12.9. The summed E-state index contributed by atoms with van der Waals surface area (Å²) in [6.45, 7) is 2.15. The van der Waals surface area contributed by atoms with Crippen LogP contribution >= 0.6 is 11.6 Å². The molecular formula is C20H19ClF2O4. The third-order valence-corrected chi connectivity index (χ3v) is 4.72. The normalized spacial score (nSPS) is 14.7. The number of hydrogen-bond donors (Lipinski definition) is 1. The average molecular weight is 397 g/mol. The summed E-state index contributed by atoms with van der Waals surface area (Å²) < 4.78 is 39.7. The Bertz CT molecular complexity index is 852. The van der Waals surface area contributed by atoms with E-state index in [1.54, 1.807) is 24.3 Å². The monoisotopic (exact) mass is 396 g/mol. The van der Waals surface area contributed by atoms with E-state index in [4.69, 9.17) is 26.2 Å². The Labute approximate surface area is 160 Å². The molecule has 0 amide bonds. The minimum atomic E-state index is -1.37. The van der Waals surface area contributed by atoms with Crippen molar-refractivity contribution in [1.82, 2.24) is 0 Å². The second-order valence-electron chi connectivity index (χ2n) is 6.50. The molecule has 0 aromatic heterocycles. The van der Waals surface area contributed by atoms with E-state index < -0.39 is 29.5 Å². The maximum atomic E-state index is 14.6. The van der Waals surface area contributed by atoms with Crippen LogP contribution in [0.1, 0.15) is 26.2 Å². The van der Waals surface area contributed by atoms with Gasteiger partial charge in [0.1, 0.15) is 5.75 Å². The lowest BCUT2D eigenvalue weighted by molar-refractivity contribution is -0.145. The zero-order valence-corrected chi connectivity index (χ0v) is 15.4. The highest BCUT2D eigenvalue weighted by molar-refractivity contribution is 6.33. The van der Waals surface area contributed by atoms with Gasteiger partial charge in [0.15, 0.2) is 23.5 Å². The largest absolute Gasteiger partial charge is 0.493 e. The third kappa shape index (κ3) is 4.50. The first kappa shape index (κ1) is 19.4. The lowest BCUT2D eigenvalue weighted by atomic mass is 10.0. The smallest absolute Gasteiger partial charge is 0.344 e. The number of hydrogen-bond acceptors (Lipinski definition) is 3. The maximum Gasteiger partial charge on any atom is 0.344 e. The number of benzene rings is 2. The van der Waals surface area contributed by atoms with E-state index in [2.05, 4.69) is 0 Å². The van der Waals surface area contributed by atoms with E-state index in [1.807, 2.05) is 0 Å². The Morgan fingerprint density at radius 3 is 2.70 bits per heavy atom. The van der Waals surface area contributed by atoms with E-state index in [0.717, 1.165) is 18.9 Å². The first-order valence-corrected chi connectivity index (χ1v) is 9.08. The van der Waals surface area contributed by atoms with Gasteiger partial charge in [-0.3, -0.25) is 0 Å². The van der Waals surface area contributed by atoms with Crippen LogP contribution in [-0.4, -0.2) is 23.8 Å². The molecule has 0 bridgehead atoms. The van der Waals surface area contributed by atoms with Crippen LogP contribution in [0.3, 0.4) is 0 Å². The van der Waals surface area contributed by atoms with Crippen molar-refractivity contribution in [2.45, 2.75) is 32.3 Å². The van der Waals surface area contributed by atoms with Crippen molar-refractivity contribution in [3.63, 3.8) is 0 Å². The minimum absolute atomic E-state index is 0.0496. The number of carbonyl (C=O) groups is 1. The van der Waals surface area contributed by atoms with Crippen molar-refractivity contribution in [1.29, 1.82) is 0 Å². The van der Waals surface area contributed by atoms with Crippen molar-refractivity contribution >= 4 is 17.6 Å². The average Bonchev–Trinajstić information content (AvgIpc) is 3.47. The van der Waals surface area contributed by atoms with Gasteiger partial charge in [-0.15, -0.1) is 0 Å². The van der Waals surface area contributed by atoms with Gasteiger partial charge in [0, 0.05) is 5.56 Å². The van der Waals surface area contributed by atoms with E-state index in [9.17, 15) is 13.6 Å². The lowest BCUT2D eigenvalue weighted by Crippen LogP contribution is -2.26. The van der Waals surface area contributed by atoms with Crippen molar-refractivity contribution < 1.29 is 28.2 Å². The molecule has 2 aromatic rings. The van der Waals surface area contributed by atoms with Crippen LogP contribution in [0.5, 0.6) is 11.5 Å². The number of rotatable bonds is 8. The summed E-state index contributed by atoms with van der Waals surface area (Å²) in [5, 5.41) is 8.68. The Kier molecular flexibility index (Phi) is 5.85. The van der Waals surface area contributed by atoms with E-state index >= 15 is 0 Å².